The highest BCUT2D eigenvalue weighted by Gasteiger charge is 2.51. The first kappa shape index (κ1) is 34.4. The maximum atomic E-state index is 11.5. The predicted octanol–water partition coefficient (Wildman–Crippen LogP) is -5.92. The molecule has 0 bridgehead atoms. The fourth-order valence-corrected chi connectivity index (χ4v) is 5.45. The van der Waals surface area contributed by atoms with Gasteiger partial charge in [0.15, 0.2) is 6.29 Å². The number of ether oxygens (including phenoxy) is 4. The average molecular weight is 595 g/mol. The lowest BCUT2D eigenvalue weighted by Crippen LogP contribution is -2.69. The molecule has 2 unspecified atom stereocenters. The molecule has 12 atom stereocenters. The number of nitrogens with one attached hydrogen (secondary N) is 3. The largest absolute Gasteiger partial charge is 0.467 e. The molecule has 0 spiro atoms. The van der Waals surface area contributed by atoms with Crippen LogP contribution in [0.1, 0.15) is 19.8 Å². The van der Waals surface area contributed by atoms with Crippen molar-refractivity contribution in [2.75, 3.05) is 46.6 Å². The summed E-state index contributed by atoms with van der Waals surface area (Å²) in [7, 11) is 1.59. The molecule has 41 heavy (non-hydrogen) atoms. The molecule has 0 aromatic rings. The highest BCUT2D eigenvalue weighted by Crippen LogP contribution is 2.32. The first-order valence-electron chi connectivity index (χ1n) is 14.1. The van der Waals surface area contributed by atoms with Crippen molar-refractivity contribution in [1.82, 2.24) is 16.0 Å². The van der Waals surface area contributed by atoms with E-state index in [0.29, 0.717) is 25.3 Å². The van der Waals surface area contributed by atoms with E-state index >= 15 is 0 Å². The summed E-state index contributed by atoms with van der Waals surface area (Å²) in [6, 6.07) is -3.88. The third-order valence-corrected chi connectivity index (χ3v) is 7.81. The van der Waals surface area contributed by atoms with Crippen molar-refractivity contribution in [3.05, 3.63) is 11.8 Å². The van der Waals surface area contributed by atoms with Crippen LogP contribution in [0.4, 0.5) is 0 Å². The van der Waals surface area contributed by atoms with Crippen LogP contribution in [-0.2, 0) is 18.9 Å². The van der Waals surface area contributed by atoms with Crippen molar-refractivity contribution in [2.24, 2.45) is 17.2 Å². The molecule has 3 rings (SSSR count). The quantitative estimate of drug-likeness (QED) is 0.0892. The SMILES string of the molecule is CN[C@@H]1[C@@H](O)[C@@H](O[C@H]2[C@H](NC(CO)CO)C[C@H](N)C(O[C@H]3OC(CNCC(N)CO)=CC[C@H]3N)[C@@H]2O)OC[C@]1(C)O. The van der Waals surface area contributed by atoms with Gasteiger partial charge in [0.25, 0.3) is 0 Å². The molecular formula is C25H50N6O10. The third kappa shape index (κ3) is 8.75. The standard InChI is InChI=1S/C25H50N6O10/c1-25(37)11-38-24(19(36)22(25)29-2)41-21-17(31-13(9-33)10-34)5-16(28)20(18(21)35)40-23-15(27)4-3-14(39-23)7-30-6-12(26)8-32/h3,12-13,15-24,29-37H,4-11,26-28H2,1-2H3/t12?,15-,16+,17-,18+,19-,20?,21+,22-,23-,24-,25+/m1/s1. The van der Waals surface area contributed by atoms with Crippen LogP contribution in [0.3, 0.4) is 0 Å². The Hall–Kier alpha value is -1.06. The highest BCUT2D eigenvalue weighted by molar-refractivity contribution is 5.06. The van der Waals surface area contributed by atoms with Gasteiger partial charge in [0.05, 0.1) is 51.1 Å². The summed E-state index contributed by atoms with van der Waals surface area (Å²) in [5.41, 5.74) is 17.1. The Labute approximate surface area is 240 Å². The molecule has 0 amide bonds. The summed E-state index contributed by atoms with van der Waals surface area (Å²) in [5.74, 6) is 0.561. The first-order valence-corrected chi connectivity index (χ1v) is 14.1. The van der Waals surface area contributed by atoms with Crippen LogP contribution in [0.5, 0.6) is 0 Å². The van der Waals surface area contributed by atoms with Gasteiger partial charge >= 0.3 is 0 Å². The van der Waals surface area contributed by atoms with Gasteiger partial charge in [0.2, 0.25) is 6.29 Å². The van der Waals surface area contributed by atoms with E-state index in [1.165, 1.54) is 6.92 Å². The minimum Gasteiger partial charge on any atom is -0.467 e. The van der Waals surface area contributed by atoms with E-state index < -0.39 is 78.8 Å². The molecule has 0 radical (unpaired) electrons. The van der Waals surface area contributed by atoms with Crippen LogP contribution in [0.25, 0.3) is 0 Å². The number of hydrogen-bond donors (Lipinski definition) is 12. The van der Waals surface area contributed by atoms with Crippen LogP contribution < -0.4 is 33.2 Å². The van der Waals surface area contributed by atoms with Crippen molar-refractivity contribution in [1.29, 1.82) is 0 Å². The molecular weight excluding hydrogens is 544 g/mol. The Morgan fingerprint density at radius 3 is 2.37 bits per heavy atom. The van der Waals surface area contributed by atoms with E-state index in [9.17, 15) is 25.5 Å². The van der Waals surface area contributed by atoms with Crippen LogP contribution >= 0.6 is 0 Å². The van der Waals surface area contributed by atoms with Crippen LogP contribution in [0.15, 0.2) is 11.8 Å². The second-order valence-electron chi connectivity index (χ2n) is 11.4. The van der Waals surface area contributed by atoms with E-state index in [0.717, 1.165) is 0 Å². The zero-order valence-electron chi connectivity index (χ0n) is 23.7. The zero-order valence-corrected chi connectivity index (χ0v) is 23.7. The summed E-state index contributed by atoms with van der Waals surface area (Å²) < 4.78 is 23.9. The number of rotatable bonds is 14. The number of likely N-dealkylation sites (N-methyl/N-ethyl adjacent to an activating group) is 1. The van der Waals surface area contributed by atoms with Gasteiger partial charge < -0.3 is 82.7 Å². The average Bonchev–Trinajstić information content (AvgIpc) is 2.94. The molecule has 1 saturated carbocycles. The smallest absolute Gasteiger partial charge is 0.215 e. The van der Waals surface area contributed by atoms with E-state index in [4.69, 9.17) is 41.3 Å². The second kappa shape index (κ2) is 15.6. The molecule has 16 heteroatoms. The Bertz CT molecular complexity index is 824. The van der Waals surface area contributed by atoms with Gasteiger partial charge in [0.1, 0.15) is 35.8 Å². The lowest BCUT2D eigenvalue weighted by molar-refractivity contribution is -0.304. The van der Waals surface area contributed by atoms with Crippen LogP contribution in [0.2, 0.25) is 0 Å². The number of nitrogens with two attached hydrogens (primary N) is 3. The van der Waals surface area contributed by atoms with Gasteiger partial charge in [-0.05, 0) is 32.9 Å². The maximum absolute atomic E-state index is 11.5. The van der Waals surface area contributed by atoms with Crippen molar-refractivity contribution in [3.8, 4) is 0 Å². The molecule has 1 saturated heterocycles. The number of hydrogen-bond acceptors (Lipinski definition) is 16. The molecule has 0 aromatic heterocycles. The van der Waals surface area contributed by atoms with E-state index in [2.05, 4.69) is 16.0 Å². The minimum absolute atomic E-state index is 0.145. The number of aliphatic hydroxyl groups excluding tert-OH is 5. The molecule has 1 aliphatic carbocycles. The third-order valence-electron chi connectivity index (χ3n) is 7.81. The van der Waals surface area contributed by atoms with Crippen molar-refractivity contribution < 1.29 is 49.6 Å². The molecule has 15 N–H and O–H groups in total. The summed E-state index contributed by atoms with van der Waals surface area (Å²) >= 11 is 0. The van der Waals surface area contributed by atoms with E-state index in [1.807, 2.05) is 6.08 Å². The van der Waals surface area contributed by atoms with Gasteiger partial charge in [-0.2, -0.15) is 0 Å². The Kier molecular flexibility index (Phi) is 13.1. The van der Waals surface area contributed by atoms with Crippen LogP contribution in [-0.4, -0.2) is 156 Å². The summed E-state index contributed by atoms with van der Waals surface area (Å²) in [6.45, 7) is 1.16. The summed E-state index contributed by atoms with van der Waals surface area (Å²) in [5, 5.41) is 70.5. The molecule has 240 valence electrons. The Balaban J connectivity index is 1.74. The lowest BCUT2D eigenvalue weighted by atomic mass is 9.83. The number of aliphatic hydroxyl groups is 6. The van der Waals surface area contributed by atoms with Gasteiger partial charge in [0, 0.05) is 24.7 Å². The minimum atomic E-state index is -1.37. The Morgan fingerprint density at radius 2 is 1.73 bits per heavy atom. The predicted molar refractivity (Wildman–Crippen MR) is 146 cm³/mol. The maximum Gasteiger partial charge on any atom is 0.215 e. The van der Waals surface area contributed by atoms with Crippen molar-refractivity contribution in [2.45, 2.75) is 98.6 Å². The molecule has 2 heterocycles. The molecule has 3 aliphatic rings. The Morgan fingerprint density at radius 1 is 1.05 bits per heavy atom. The zero-order chi connectivity index (χ0) is 30.3. The summed E-state index contributed by atoms with van der Waals surface area (Å²) in [4.78, 5) is 0. The topological polar surface area (TPSA) is 272 Å². The van der Waals surface area contributed by atoms with Crippen LogP contribution in [0, 0.1) is 0 Å². The highest BCUT2D eigenvalue weighted by atomic mass is 16.7. The second-order valence-corrected chi connectivity index (χ2v) is 11.4. The van der Waals surface area contributed by atoms with Crippen molar-refractivity contribution >= 4 is 0 Å². The van der Waals surface area contributed by atoms with Gasteiger partial charge in [-0.25, -0.2) is 0 Å². The van der Waals surface area contributed by atoms with Gasteiger partial charge in [-0.3, -0.25) is 0 Å². The van der Waals surface area contributed by atoms with Gasteiger partial charge in [-0.15, -0.1) is 0 Å². The van der Waals surface area contributed by atoms with E-state index in [1.54, 1.807) is 7.05 Å². The lowest BCUT2D eigenvalue weighted by Gasteiger charge is -2.49. The molecule has 0 aromatic carbocycles. The molecule has 16 nitrogen and oxygen atoms in total. The van der Waals surface area contributed by atoms with E-state index in [-0.39, 0.29) is 32.8 Å². The monoisotopic (exact) mass is 594 g/mol. The fraction of sp³-hybridized carbons (Fsp3) is 0.920. The fourth-order valence-electron chi connectivity index (χ4n) is 5.45. The molecule has 2 fully saturated rings. The first-order chi connectivity index (χ1) is 19.4. The van der Waals surface area contributed by atoms with Crippen molar-refractivity contribution in [3.63, 3.8) is 0 Å². The summed E-state index contributed by atoms with van der Waals surface area (Å²) in [6.07, 6.45) is -4.45. The van der Waals surface area contributed by atoms with Gasteiger partial charge in [-0.1, -0.05) is 0 Å². The molecule has 2 aliphatic heterocycles. The normalized spacial score (nSPS) is 40.7.